The number of hydrogen-bond acceptors (Lipinski definition) is 2. The van der Waals surface area contributed by atoms with Gasteiger partial charge in [-0.3, -0.25) is 4.79 Å². The minimum Gasteiger partial charge on any atom is -0.287 e. The molecule has 18 heavy (non-hydrogen) atoms. The maximum absolute atomic E-state index is 13.4. The summed E-state index contributed by atoms with van der Waals surface area (Å²) in [5, 5.41) is 1.77. The van der Waals surface area contributed by atoms with Crippen LogP contribution in [0.1, 0.15) is 20.8 Å². The topological polar surface area (TPSA) is 17.1 Å². The second kappa shape index (κ2) is 4.74. The van der Waals surface area contributed by atoms with Gasteiger partial charge in [-0.15, -0.1) is 11.3 Å². The third kappa shape index (κ3) is 2.15. The van der Waals surface area contributed by atoms with Gasteiger partial charge in [0, 0.05) is 12.1 Å². The van der Waals surface area contributed by atoms with E-state index in [1.165, 1.54) is 0 Å². The van der Waals surface area contributed by atoms with Crippen molar-refractivity contribution in [1.29, 1.82) is 0 Å². The quantitative estimate of drug-likeness (QED) is 0.751. The number of carbonyl (C=O) groups is 1. The molecule has 0 aliphatic rings. The lowest BCUT2D eigenvalue weighted by Crippen LogP contribution is -2.07. The molecule has 1 heterocycles. The van der Waals surface area contributed by atoms with Crippen molar-refractivity contribution < 1.29 is 18.0 Å². The Bertz CT molecular complexity index is 613. The standard InChI is InChI=1S/C12H6ClF3OS/c1-5-4-18-12(10(5)13)11(17)9-7(15)2-6(14)3-8(9)16/h2-4H,1H3. The van der Waals surface area contributed by atoms with Crippen molar-refractivity contribution in [3.8, 4) is 0 Å². The predicted octanol–water partition coefficient (Wildman–Crippen LogP) is 4.36. The molecule has 0 aliphatic carbocycles. The van der Waals surface area contributed by atoms with Crippen LogP contribution in [0.2, 0.25) is 5.02 Å². The van der Waals surface area contributed by atoms with Gasteiger partial charge in [-0.1, -0.05) is 11.6 Å². The minimum absolute atomic E-state index is 0.0403. The first-order valence-corrected chi connectivity index (χ1v) is 6.10. The highest BCUT2D eigenvalue weighted by atomic mass is 35.5. The summed E-state index contributed by atoms with van der Waals surface area (Å²) in [7, 11) is 0. The number of benzene rings is 1. The van der Waals surface area contributed by atoms with Crippen molar-refractivity contribution >= 4 is 28.7 Å². The molecule has 0 saturated carbocycles. The van der Waals surface area contributed by atoms with Crippen LogP contribution in [0.25, 0.3) is 0 Å². The van der Waals surface area contributed by atoms with Gasteiger partial charge in [-0.05, 0) is 17.9 Å². The van der Waals surface area contributed by atoms with Crippen LogP contribution in [0.5, 0.6) is 0 Å². The molecule has 6 heteroatoms. The molecule has 94 valence electrons. The van der Waals surface area contributed by atoms with E-state index in [9.17, 15) is 18.0 Å². The van der Waals surface area contributed by atoms with Crippen molar-refractivity contribution in [1.82, 2.24) is 0 Å². The van der Waals surface area contributed by atoms with Crippen molar-refractivity contribution in [3.63, 3.8) is 0 Å². The van der Waals surface area contributed by atoms with E-state index in [2.05, 4.69) is 0 Å². The molecule has 1 aromatic carbocycles. The highest BCUT2D eigenvalue weighted by Crippen LogP contribution is 2.30. The average molecular weight is 291 g/mol. The lowest BCUT2D eigenvalue weighted by atomic mass is 10.1. The Morgan fingerprint density at radius 2 is 1.78 bits per heavy atom. The number of rotatable bonds is 2. The summed E-state index contributed by atoms with van der Waals surface area (Å²) in [5.74, 6) is -4.43. The Labute approximate surface area is 110 Å². The van der Waals surface area contributed by atoms with Gasteiger partial charge in [0.15, 0.2) is 0 Å². The second-order valence-electron chi connectivity index (χ2n) is 3.64. The summed E-state index contributed by atoms with van der Waals surface area (Å²) in [6.07, 6.45) is 0. The van der Waals surface area contributed by atoms with Crippen molar-refractivity contribution in [2.24, 2.45) is 0 Å². The van der Waals surface area contributed by atoms with Crippen LogP contribution >= 0.6 is 22.9 Å². The largest absolute Gasteiger partial charge is 0.287 e. The van der Waals surface area contributed by atoms with Crippen LogP contribution < -0.4 is 0 Å². The second-order valence-corrected chi connectivity index (χ2v) is 4.89. The van der Waals surface area contributed by atoms with Gasteiger partial charge in [-0.25, -0.2) is 13.2 Å². The van der Waals surface area contributed by atoms with Gasteiger partial charge in [0.2, 0.25) is 5.78 Å². The Balaban J connectivity index is 2.57. The van der Waals surface area contributed by atoms with E-state index >= 15 is 0 Å². The van der Waals surface area contributed by atoms with Crippen LogP contribution in [0, 0.1) is 24.4 Å². The Morgan fingerprint density at radius 1 is 1.22 bits per heavy atom. The zero-order valence-electron chi connectivity index (χ0n) is 9.06. The average Bonchev–Trinajstić information content (AvgIpc) is 2.58. The first-order chi connectivity index (χ1) is 8.41. The van der Waals surface area contributed by atoms with E-state index in [-0.39, 0.29) is 9.90 Å². The molecule has 0 spiro atoms. The Morgan fingerprint density at radius 3 is 2.22 bits per heavy atom. The molecule has 0 radical (unpaired) electrons. The molecule has 0 saturated heterocycles. The Kier molecular flexibility index (Phi) is 3.45. The van der Waals surface area contributed by atoms with Crippen LogP contribution in [0.3, 0.4) is 0 Å². The fraction of sp³-hybridized carbons (Fsp3) is 0.0833. The predicted molar refractivity (Wildman–Crippen MR) is 63.8 cm³/mol. The monoisotopic (exact) mass is 290 g/mol. The molecule has 2 rings (SSSR count). The maximum atomic E-state index is 13.4. The van der Waals surface area contributed by atoms with E-state index < -0.39 is 28.8 Å². The lowest BCUT2D eigenvalue weighted by molar-refractivity contribution is 0.103. The summed E-state index contributed by atoms with van der Waals surface area (Å²) in [5.41, 5.74) is -0.145. The van der Waals surface area contributed by atoms with Gasteiger partial charge in [0.25, 0.3) is 0 Å². The summed E-state index contributed by atoms with van der Waals surface area (Å²) in [6, 6.07) is 0.926. The number of ketones is 1. The minimum atomic E-state index is -1.24. The maximum Gasteiger partial charge on any atom is 0.210 e. The summed E-state index contributed by atoms with van der Waals surface area (Å²) in [4.78, 5) is 12.0. The molecule has 1 aromatic heterocycles. The van der Waals surface area contributed by atoms with Crippen LogP contribution in [0.4, 0.5) is 13.2 Å². The van der Waals surface area contributed by atoms with E-state index in [1.807, 2.05) is 0 Å². The first kappa shape index (κ1) is 13.1. The first-order valence-electron chi connectivity index (χ1n) is 4.84. The molecule has 2 aromatic rings. The summed E-state index contributed by atoms with van der Waals surface area (Å²) >= 11 is 6.85. The van der Waals surface area contributed by atoms with Crippen LogP contribution in [-0.4, -0.2) is 5.78 Å². The van der Waals surface area contributed by atoms with Gasteiger partial charge in [0.05, 0.1) is 15.5 Å². The lowest BCUT2D eigenvalue weighted by Gasteiger charge is -2.03. The zero-order valence-corrected chi connectivity index (χ0v) is 10.6. The van der Waals surface area contributed by atoms with Gasteiger partial charge in [-0.2, -0.15) is 0 Å². The Hall–Kier alpha value is -1.33. The highest BCUT2D eigenvalue weighted by molar-refractivity contribution is 7.13. The number of halogens is 4. The normalized spacial score (nSPS) is 10.7. The third-order valence-electron chi connectivity index (χ3n) is 2.34. The van der Waals surface area contributed by atoms with Crippen LogP contribution in [-0.2, 0) is 0 Å². The molecule has 0 aliphatic heterocycles. The molecular formula is C12H6ClF3OS. The van der Waals surface area contributed by atoms with Gasteiger partial charge in [0.1, 0.15) is 17.5 Å². The van der Waals surface area contributed by atoms with E-state index in [0.717, 1.165) is 11.3 Å². The number of thiophene rings is 1. The van der Waals surface area contributed by atoms with Gasteiger partial charge < -0.3 is 0 Å². The van der Waals surface area contributed by atoms with E-state index in [4.69, 9.17) is 11.6 Å². The molecule has 0 amide bonds. The molecule has 0 atom stereocenters. The zero-order chi connectivity index (χ0) is 13.4. The number of hydrogen-bond donors (Lipinski definition) is 0. The third-order valence-corrected chi connectivity index (χ3v) is 4.04. The molecule has 0 N–H and O–H groups in total. The fourth-order valence-corrected chi connectivity index (χ4v) is 2.68. The number of carbonyl (C=O) groups excluding carboxylic acids is 1. The molecule has 1 nitrogen and oxygen atoms in total. The van der Waals surface area contributed by atoms with E-state index in [1.54, 1.807) is 12.3 Å². The molecule has 0 unspecified atom stereocenters. The molecule has 0 fully saturated rings. The fourth-order valence-electron chi connectivity index (χ4n) is 1.46. The highest BCUT2D eigenvalue weighted by Gasteiger charge is 2.24. The van der Waals surface area contributed by atoms with Gasteiger partial charge >= 0.3 is 0 Å². The molecule has 0 bridgehead atoms. The summed E-state index contributed by atoms with van der Waals surface area (Å²) in [6.45, 7) is 1.67. The van der Waals surface area contributed by atoms with E-state index in [0.29, 0.717) is 17.7 Å². The van der Waals surface area contributed by atoms with Crippen molar-refractivity contribution in [3.05, 3.63) is 56.0 Å². The molecular weight excluding hydrogens is 285 g/mol. The van der Waals surface area contributed by atoms with Crippen LogP contribution in [0.15, 0.2) is 17.5 Å². The van der Waals surface area contributed by atoms with Crippen molar-refractivity contribution in [2.45, 2.75) is 6.92 Å². The smallest absolute Gasteiger partial charge is 0.210 e. The summed E-state index contributed by atoms with van der Waals surface area (Å²) < 4.78 is 39.6. The SMILES string of the molecule is Cc1csc(C(=O)c2c(F)cc(F)cc2F)c1Cl. The van der Waals surface area contributed by atoms with Crippen molar-refractivity contribution in [2.75, 3.05) is 0 Å². The number of aryl methyl sites for hydroxylation is 1.